The lowest BCUT2D eigenvalue weighted by Crippen LogP contribution is -2.39. The highest BCUT2D eigenvalue weighted by Crippen LogP contribution is 2.26. The molecule has 124 valence electrons. The Hall–Kier alpha value is -1.92. The Morgan fingerprint density at radius 1 is 1.26 bits per heavy atom. The first-order chi connectivity index (χ1) is 11.0. The van der Waals surface area contributed by atoms with E-state index < -0.39 is 0 Å². The second-order valence-corrected chi connectivity index (χ2v) is 6.24. The fraction of sp³-hybridized carbons (Fsp3) is 0.529. The van der Waals surface area contributed by atoms with E-state index in [1.54, 1.807) is 0 Å². The van der Waals surface area contributed by atoms with Crippen molar-refractivity contribution in [3.63, 3.8) is 0 Å². The number of rotatable bonds is 4. The summed E-state index contributed by atoms with van der Waals surface area (Å²) in [6.07, 6.45) is 0. The van der Waals surface area contributed by atoms with Crippen LogP contribution in [0.25, 0.3) is 0 Å². The molecule has 3 rings (SSSR count). The van der Waals surface area contributed by atoms with Gasteiger partial charge in [0, 0.05) is 39.8 Å². The predicted molar refractivity (Wildman–Crippen MR) is 88.5 cm³/mol. The van der Waals surface area contributed by atoms with Gasteiger partial charge < -0.3 is 14.1 Å². The van der Waals surface area contributed by atoms with Crippen LogP contribution < -0.4 is 4.90 Å². The molecule has 1 fully saturated rings. The summed E-state index contributed by atoms with van der Waals surface area (Å²) in [5.74, 6) is 1.24. The highest BCUT2D eigenvalue weighted by molar-refractivity contribution is 5.53. The Bertz CT molecular complexity index is 668. The number of aromatic nitrogens is 2. The lowest BCUT2D eigenvalue weighted by molar-refractivity contribution is -0.0225. The van der Waals surface area contributed by atoms with Crippen LogP contribution in [0.2, 0.25) is 0 Å². The van der Waals surface area contributed by atoms with Crippen LogP contribution in [0, 0.1) is 13.8 Å². The lowest BCUT2D eigenvalue weighted by atomic mass is 10.1. The molecule has 1 atom stereocenters. The molecule has 0 saturated carbocycles. The zero-order valence-electron chi connectivity index (χ0n) is 14.2. The molecular weight excluding hydrogens is 292 g/mol. The van der Waals surface area contributed by atoms with Gasteiger partial charge in [0.05, 0.1) is 13.2 Å². The summed E-state index contributed by atoms with van der Waals surface area (Å²) in [5.41, 5.74) is 3.82. The van der Waals surface area contributed by atoms with Crippen molar-refractivity contribution in [1.82, 2.24) is 15.1 Å². The van der Waals surface area contributed by atoms with Gasteiger partial charge in [-0.15, -0.1) is 10.2 Å². The van der Waals surface area contributed by atoms with Gasteiger partial charge in [-0.1, -0.05) is 12.1 Å². The number of ether oxygens (including phenoxy) is 1. The molecule has 0 radical (unpaired) electrons. The van der Waals surface area contributed by atoms with Gasteiger partial charge in [0.15, 0.2) is 0 Å². The average molecular weight is 316 g/mol. The van der Waals surface area contributed by atoms with Crippen molar-refractivity contribution in [1.29, 1.82) is 0 Å². The predicted octanol–water partition coefficient (Wildman–Crippen LogP) is 2.33. The molecule has 1 aromatic heterocycles. The maximum atomic E-state index is 5.61. The Morgan fingerprint density at radius 2 is 2.09 bits per heavy atom. The molecule has 1 aliphatic heterocycles. The monoisotopic (exact) mass is 316 g/mol. The number of benzene rings is 1. The summed E-state index contributed by atoms with van der Waals surface area (Å²) in [5, 5.41) is 8.12. The summed E-state index contributed by atoms with van der Waals surface area (Å²) in [6, 6.07) is 6.64. The van der Waals surface area contributed by atoms with Crippen molar-refractivity contribution >= 4 is 5.69 Å². The molecule has 1 saturated heterocycles. The van der Waals surface area contributed by atoms with E-state index in [2.05, 4.69) is 59.2 Å². The Kier molecular flexibility index (Phi) is 4.63. The minimum absolute atomic E-state index is 0.0266. The summed E-state index contributed by atoms with van der Waals surface area (Å²) < 4.78 is 11.2. The Balaban J connectivity index is 1.78. The van der Waals surface area contributed by atoms with Crippen molar-refractivity contribution in [2.45, 2.75) is 26.4 Å². The molecule has 0 amide bonds. The standard InChI is InChI=1S/C17H24N4O2/c1-12-9-14(5-6-15(12)20(3)4)10-21-7-8-22-11-16(21)17-19-18-13(2)23-17/h5-6,9,16H,7-8,10-11H2,1-4H3. The number of morpholine rings is 1. The SMILES string of the molecule is Cc1nnc(C2COCCN2Cc2ccc(N(C)C)c(C)c2)o1. The van der Waals surface area contributed by atoms with Gasteiger partial charge >= 0.3 is 0 Å². The molecule has 2 heterocycles. The number of hydrogen-bond acceptors (Lipinski definition) is 6. The van der Waals surface area contributed by atoms with Crippen LogP contribution in [0.15, 0.2) is 22.6 Å². The van der Waals surface area contributed by atoms with Crippen LogP contribution in [0.5, 0.6) is 0 Å². The highest BCUT2D eigenvalue weighted by Gasteiger charge is 2.29. The minimum Gasteiger partial charge on any atom is -0.424 e. The third kappa shape index (κ3) is 3.54. The molecule has 6 nitrogen and oxygen atoms in total. The Morgan fingerprint density at radius 3 is 2.74 bits per heavy atom. The van der Waals surface area contributed by atoms with Gasteiger partial charge in [-0.25, -0.2) is 0 Å². The summed E-state index contributed by atoms with van der Waals surface area (Å²) >= 11 is 0. The van der Waals surface area contributed by atoms with Crippen molar-refractivity contribution in [3.8, 4) is 0 Å². The van der Waals surface area contributed by atoms with Gasteiger partial charge in [-0.3, -0.25) is 4.90 Å². The van der Waals surface area contributed by atoms with E-state index in [1.807, 2.05) is 6.92 Å². The van der Waals surface area contributed by atoms with E-state index >= 15 is 0 Å². The Labute approximate surface area is 137 Å². The normalized spacial score (nSPS) is 19.0. The van der Waals surface area contributed by atoms with Crippen LogP contribution in [0.1, 0.15) is 29.0 Å². The molecule has 0 aliphatic carbocycles. The number of anilines is 1. The van der Waals surface area contributed by atoms with Crippen LogP contribution in [-0.2, 0) is 11.3 Å². The van der Waals surface area contributed by atoms with E-state index in [1.165, 1.54) is 16.8 Å². The van der Waals surface area contributed by atoms with Gasteiger partial charge in [0.1, 0.15) is 6.04 Å². The van der Waals surface area contributed by atoms with Crippen LogP contribution in [-0.4, -0.2) is 49.0 Å². The van der Waals surface area contributed by atoms with E-state index in [-0.39, 0.29) is 6.04 Å². The topological polar surface area (TPSA) is 54.6 Å². The van der Waals surface area contributed by atoms with E-state index in [0.29, 0.717) is 18.4 Å². The van der Waals surface area contributed by atoms with Crippen molar-refractivity contribution in [2.24, 2.45) is 0 Å². The van der Waals surface area contributed by atoms with Crippen LogP contribution in [0.4, 0.5) is 5.69 Å². The first kappa shape index (κ1) is 16.0. The van der Waals surface area contributed by atoms with Gasteiger partial charge in [0.2, 0.25) is 11.8 Å². The van der Waals surface area contributed by atoms with Crippen molar-refractivity contribution in [3.05, 3.63) is 41.1 Å². The van der Waals surface area contributed by atoms with Gasteiger partial charge in [-0.2, -0.15) is 0 Å². The van der Waals surface area contributed by atoms with E-state index in [4.69, 9.17) is 9.15 Å². The zero-order valence-corrected chi connectivity index (χ0v) is 14.2. The number of nitrogens with zero attached hydrogens (tertiary/aromatic N) is 4. The molecular formula is C17H24N4O2. The first-order valence-electron chi connectivity index (χ1n) is 7.93. The quantitative estimate of drug-likeness (QED) is 0.863. The molecule has 1 aromatic carbocycles. The molecule has 0 spiro atoms. The molecule has 23 heavy (non-hydrogen) atoms. The summed E-state index contributed by atoms with van der Waals surface area (Å²) in [4.78, 5) is 4.48. The minimum atomic E-state index is 0.0266. The molecule has 0 N–H and O–H groups in total. The smallest absolute Gasteiger partial charge is 0.235 e. The molecule has 1 unspecified atom stereocenters. The first-order valence-corrected chi connectivity index (χ1v) is 7.93. The highest BCUT2D eigenvalue weighted by atomic mass is 16.5. The fourth-order valence-corrected chi connectivity index (χ4v) is 3.05. The summed E-state index contributed by atoms with van der Waals surface area (Å²) in [6.45, 7) is 7.00. The second kappa shape index (κ2) is 6.68. The fourth-order valence-electron chi connectivity index (χ4n) is 3.05. The number of aryl methyl sites for hydroxylation is 2. The largest absolute Gasteiger partial charge is 0.424 e. The lowest BCUT2D eigenvalue weighted by Gasteiger charge is -2.33. The molecule has 6 heteroatoms. The van der Waals surface area contributed by atoms with Crippen LogP contribution in [0.3, 0.4) is 0 Å². The van der Waals surface area contributed by atoms with Crippen molar-refractivity contribution < 1.29 is 9.15 Å². The maximum absolute atomic E-state index is 5.61. The molecule has 0 bridgehead atoms. The number of hydrogen-bond donors (Lipinski definition) is 0. The van der Waals surface area contributed by atoms with Crippen LogP contribution >= 0.6 is 0 Å². The average Bonchev–Trinajstić information content (AvgIpc) is 2.94. The maximum Gasteiger partial charge on any atom is 0.235 e. The third-order valence-electron chi connectivity index (χ3n) is 4.19. The molecule has 2 aromatic rings. The van der Waals surface area contributed by atoms with E-state index in [9.17, 15) is 0 Å². The zero-order chi connectivity index (χ0) is 16.4. The summed E-state index contributed by atoms with van der Waals surface area (Å²) in [7, 11) is 4.13. The van der Waals surface area contributed by atoms with E-state index in [0.717, 1.165) is 19.7 Å². The third-order valence-corrected chi connectivity index (χ3v) is 4.19. The van der Waals surface area contributed by atoms with Gasteiger partial charge in [0.25, 0.3) is 0 Å². The van der Waals surface area contributed by atoms with Crippen molar-refractivity contribution in [2.75, 3.05) is 38.8 Å². The van der Waals surface area contributed by atoms with Gasteiger partial charge in [-0.05, 0) is 24.1 Å². The molecule has 1 aliphatic rings. The second-order valence-electron chi connectivity index (χ2n) is 6.24.